The van der Waals surface area contributed by atoms with Gasteiger partial charge in [0, 0.05) is 6.04 Å². The lowest BCUT2D eigenvalue weighted by atomic mass is 9.84. The molecule has 1 aromatic carbocycles. The maximum absolute atomic E-state index is 12.5. The lowest BCUT2D eigenvalue weighted by Gasteiger charge is -2.39. The second-order valence-electron chi connectivity index (χ2n) is 6.34. The third-order valence-corrected chi connectivity index (χ3v) is 5.22. The molecule has 4 heteroatoms. The van der Waals surface area contributed by atoms with E-state index in [1.807, 2.05) is 19.1 Å². The molecule has 0 bridgehead atoms. The molecule has 1 N–H and O–H groups in total. The van der Waals surface area contributed by atoms with Gasteiger partial charge in [-0.1, -0.05) is 18.9 Å². The van der Waals surface area contributed by atoms with Crippen LogP contribution in [0.15, 0.2) is 18.2 Å². The molecule has 1 saturated heterocycles. The average molecular weight is 286 g/mol. The van der Waals surface area contributed by atoms with Gasteiger partial charge in [-0.15, -0.1) is 0 Å². The third kappa shape index (κ3) is 1.92. The van der Waals surface area contributed by atoms with Crippen molar-refractivity contribution >= 4 is 17.3 Å². The topological polar surface area (TPSA) is 41.6 Å². The molecule has 4 rings (SSSR count). The Labute approximate surface area is 125 Å². The first-order valence-corrected chi connectivity index (χ1v) is 8.14. The fraction of sp³-hybridized carbons (Fsp3) is 0.588. The Morgan fingerprint density at radius 3 is 3.05 bits per heavy atom. The van der Waals surface area contributed by atoms with Gasteiger partial charge in [-0.05, 0) is 44.2 Å². The quantitative estimate of drug-likeness (QED) is 0.908. The van der Waals surface area contributed by atoms with Gasteiger partial charge in [0.15, 0.2) is 0 Å². The largest absolute Gasteiger partial charge is 0.492 e. The highest BCUT2D eigenvalue weighted by Crippen LogP contribution is 2.49. The minimum absolute atomic E-state index is 0.0162. The minimum Gasteiger partial charge on any atom is -0.492 e. The van der Waals surface area contributed by atoms with Gasteiger partial charge in [0.1, 0.15) is 17.5 Å². The van der Waals surface area contributed by atoms with Gasteiger partial charge in [-0.25, -0.2) is 0 Å². The van der Waals surface area contributed by atoms with Gasteiger partial charge < -0.3 is 15.0 Å². The van der Waals surface area contributed by atoms with Gasteiger partial charge in [0.05, 0.1) is 12.3 Å². The molecule has 1 amide bonds. The first kappa shape index (κ1) is 13.0. The molecule has 3 atom stereocenters. The van der Waals surface area contributed by atoms with Crippen LogP contribution in [0.3, 0.4) is 0 Å². The van der Waals surface area contributed by atoms with Gasteiger partial charge in [-0.2, -0.15) is 0 Å². The van der Waals surface area contributed by atoms with Crippen LogP contribution in [-0.2, 0) is 4.79 Å². The maximum atomic E-state index is 12.5. The van der Waals surface area contributed by atoms with Crippen LogP contribution < -0.4 is 15.0 Å². The van der Waals surface area contributed by atoms with Gasteiger partial charge in [0.25, 0.3) is 0 Å². The molecule has 0 aromatic heterocycles. The van der Waals surface area contributed by atoms with Crippen LogP contribution in [0.25, 0.3) is 0 Å². The van der Waals surface area contributed by atoms with Crippen molar-refractivity contribution in [2.75, 3.05) is 16.8 Å². The standard InChI is InChI=1S/C17H22N2O2/c1-2-21-15-9-5-8-13-16(15)18-17(20)14-10-11-6-3-4-7-12(11)19(13)14/h5,8-9,11-12,14H,2-4,6-7,10H2,1H3,(H,18,20). The number of fused-ring (bicyclic) bond motifs is 5. The van der Waals surface area contributed by atoms with E-state index in [0.29, 0.717) is 18.6 Å². The number of amides is 1. The summed E-state index contributed by atoms with van der Waals surface area (Å²) < 4.78 is 5.70. The van der Waals surface area contributed by atoms with Crippen LogP contribution in [0, 0.1) is 5.92 Å². The van der Waals surface area contributed by atoms with Gasteiger partial charge >= 0.3 is 0 Å². The predicted octanol–water partition coefficient (Wildman–Crippen LogP) is 3.17. The number of para-hydroxylation sites is 1. The molecule has 1 aliphatic carbocycles. The average Bonchev–Trinajstić information content (AvgIpc) is 2.89. The first-order chi connectivity index (χ1) is 10.3. The number of rotatable bonds is 2. The molecule has 1 saturated carbocycles. The van der Waals surface area contributed by atoms with Crippen molar-refractivity contribution in [2.24, 2.45) is 5.92 Å². The molecular weight excluding hydrogens is 264 g/mol. The Morgan fingerprint density at radius 2 is 2.19 bits per heavy atom. The number of hydrogen-bond donors (Lipinski definition) is 1. The predicted molar refractivity (Wildman–Crippen MR) is 82.9 cm³/mol. The minimum atomic E-state index is 0.0162. The van der Waals surface area contributed by atoms with E-state index in [4.69, 9.17) is 4.74 Å². The fourth-order valence-corrected chi connectivity index (χ4v) is 4.38. The van der Waals surface area contributed by atoms with Crippen LogP contribution in [-0.4, -0.2) is 24.6 Å². The number of nitrogens with one attached hydrogen (secondary N) is 1. The lowest BCUT2D eigenvalue weighted by Crippen LogP contribution is -2.48. The molecule has 0 spiro atoms. The number of hydrogen-bond acceptors (Lipinski definition) is 3. The summed E-state index contributed by atoms with van der Waals surface area (Å²) in [5.41, 5.74) is 2.02. The molecule has 0 radical (unpaired) electrons. The third-order valence-electron chi connectivity index (χ3n) is 5.22. The first-order valence-electron chi connectivity index (χ1n) is 8.14. The van der Waals surface area contributed by atoms with Crippen LogP contribution >= 0.6 is 0 Å². The second kappa shape index (κ2) is 4.93. The Kier molecular flexibility index (Phi) is 3.05. The summed E-state index contributed by atoms with van der Waals surface area (Å²) in [5, 5.41) is 3.09. The smallest absolute Gasteiger partial charge is 0.247 e. The Balaban J connectivity index is 1.78. The maximum Gasteiger partial charge on any atom is 0.247 e. The molecule has 1 aromatic rings. The van der Waals surface area contributed by atoms with Crippen LogP contribution in [0.5, 0.6) is 5.75 Å². The van der Waals surface area contributed by atoms with Crippen LogP contribution in [0.1, 0.15) is 39.0 Å². The summed E-state index contributed by atoms with van der Waals surface area (Å²) in [4.78, 5) is 14.9. The van der Waals surface area contributed by atoms with Crippen molar-refractivity contribution in [3.63, 3.8) is 0 Å². The second-order valence-corrected chi connectivity index (χ2v) is 6.34. The summed E-state index contributed by atoms with van der Waals surface area (Å²) in [6, 6.07) is 6.65. The van der Waals surface area contributed by atoms with E-state index in [0.717, 1.165) is 23.5 Å². The van der Waals surface area contributed by atoms with Crippen molar-refractivity contribution in [1.29, 1.82) is 0 Å². The normalized spacial score (nSPS) is 30.2. The van der Waals surface area contributed by atoms with Crippen molar-refractivity contribution in [3.8, 4) is 5.75 Å². The molecule has 112 valence electrons. The summed E-state index contributed by atoms with van der Waals surface area (Å²) in [6.07, 6.45) is 6.09. The SMILES string of the molecule is CCOc1cccc2c1NC(=O)C1CC3CCCCC3N21. The van der Waals surface area contributed by atoms with E-state index in [9.17, 15) is 4.79 Å². The highest BCUT2D eigenvalue weighted by atomic mass is 16.5. The Bertz CT molecular complexity index is 572. The summed E-state index contributed by atoms with van der Waals surface area (Å²) in [7, 11) is 0. The molecule has 4 nitrogen and oxygen atoms in total. The molecular formula is C17H22N2O2. The molecule has 2 fully saturated rings. The van der Waals surface area contributed by atoms with Crippen molar-refractivity contribution in [2.45, 2.75) is 51.1 Å². The summed E-state index contributed by atoms with van der Waals surface area (Å²) in [6.45, 7) is 2.58. The summed E-state index contributed by atoms with van der Waals surface area (Å²) in [5.74, 6) is 1.61. The zero-order valence-corrected chi connectivity index (χ0v) is 12.5. The molecule has 3 unspecified atom stereocenters. The fourth-order valence-electron chi connectivity index (χ4n) is 4.38. The van der Waals surface area contributed by atoms with E-state index < -0.39 is 0 Å². The number of carbonyl (C=O) groups excluding carboxylic acids is 1. The molecule has 2 aliphatic heterocycles. The van der Waals surface area contributed by atoms with Crippen LogP contribution in [0.2, 0.25) is 0 Å². The van der Waals surface area contributed by atoms with Crippen molar-refractivity contribution in [3.05, 3.63) is 18.2 Å². The Morgan fingerprint density at radius 1 is 1.33 bits per heavy atom. The van der Waals surface area contributed by atoms with E-state index in [1.165, 1.54) is 25.7 Å². The zero-order valence-electron chi connectivity index (χ0n) is 12.5. The van der Waals surface area contributed by atoms with Crippen LogP contribution in [0.4, 0.5) is 11.4 Å². The number of anilines is 2. The Hall–Kier alpha value is -1.71. The molecule has 21 heavy (non-hydrogen) atoms. The van der Waals surface area contributed by atoms with E-state index in [2.05, 4.69) is 16.3 Å². The summed E-state index contributed by atoms with van der Waals surface area (Å²) >= 11 is 0. The van der Waals surface area contributed by atoms with Crippen molar-refractivity contribution < 1.29 is 9.53 Å². The van der Waals surface area contributed by atoms with E-state index in [1.54, 1.807) is 0 Å². The van der Waals surface area contributed by atoms with E-state index >= 15 is 0 Å². The molecule has 2 heterocycles. The number of nitrogens with zero attached hydrogens (tertiary/aromatic N) is 1. The lowest BCUT2D eigenvalue weighted by molar-refractivity contribution is -0.117. The highest BCUT2D eigenvalue weighted by molar-refractivity contribution is 6.05. The van der Waals surface area contributed by atoms with Gasteiger partial charge in [0.2, 0.25) is 5.91 Å². The molecule has 3 aliphatic rings. The number of carbonyl (C=O) groups is 1. The zero-order chi connectivity index (χ0) is 14.4. The van der Waals surface area contributed by atoms with E-state index in [-0.39, 0.29) is 11.9 Å². The van der Waals surface area contributed by atoms with Crippen molar-refractivity contribution in [1.82, 2.24) is 0 Å². The monoisotopic (exact) mass is 286 g/mol. The van der Waals surface area contributed by atoms with Gasteiger partial charge in [-0.3, -0.25) is 4.79 Å². The highest BCUT2D eigenvalue weighted by Gasteiger charge is 2.48. The number of benzene rings is 1. The number of ether oxygens (including phenoxy) is 1.